The summed E-state index contributed by atoms with van der Waals surface area (Å²) in [6.45, 7) is 6.31. The van der Waals surface area contributed by atoms with Crippen molar-refractivity contribution in [3.63, 3.8) is 0 Å². The molecule has 0 bridgehead atoms. The zero-order valence-electron chi connectivity index (χ0n) is 25.4. The van der Waals surface area contributed by atoms with Crippen molar-refractivity contribution in [2.24, 2.45) is 5.92 Å². The van der Waals surface area contributed by atoms with Crippen LogP contribution in [-0.2, 0) is 6.42 Å². The number of carbonyl (C=O) groups excluding carboxylic acids is 1. The number of rotatable bonds is 12. The molecule has 1 atom stereocenters. The maximum atomic E-state index is 12.7. The zero-order chi connectivity index (χ0) is 30.9. The Balaban J connectivity index is 1.09. The van der Waals surface area contributed by atoms with Crippen LogP contribution in [0, 0.1) is 11.3 Å². The highest BCUT2D eigenvalue weighted by Gasteiger charge is 2.10. The first-order valence-corrected chi connectivity index (χ1v) is 14.9. The lowest BCUT2D eigenvalue weighted by atomic mass is 9.97. The van der Waals surface area contributed by atoms with E-state index in [0.29, 0.717) is 34.4 Å². The van der Waals surface area contributed by atoms with Gasteiger partial charge in [0.15, 0.2) is 0 Å². The summed E-state index contributed by atoms with van der Waals surface area (Å²) in [5.41, 5.74) is 7.58. The molecular formula is C39H37NO4. The van der Waals surface area contributed by atoms with Gasteiger partial charge in [0.2, 0.25) is 6.79 Å². The summed E-state index contributed by atoms with van der Waals surface area (Å²) in [5.74, 6) is 2.00. The zero-order valence-corrected chi connectivity index (χ0v) is 25.4. The minimum atomic E-state index is -0.433. The molecule has 0 aliphatic heterocycles. The van der Waals surface area contributed by atoms with Crippen LogP contribution in [0.15, 0.2) is 121 Å². The molecule has 0 radical (unpaired) electrons. The SMILES string of the molecule is CCC(C)Cc1ccc(-c2ccc(OC(=O)c3ccc(OCOc4ccc(-c5ccc(C(C)=N)cc5)cc4)cc3)cc2)cc1. The summed E-state index contributed by atoms with van der Waals surface area (Å²) < 4.78 is 17.0. The van der Waals surface area contributed by atoms with E-state index in [4.69, 9.17) is 19.6 Å². The van der Waals surface area contributed by atoms with Gasteiger partial charge in [0.25, 0.3) is 0 Å². The van der Waals surface area contributed by atoms with Crippen molar-refractivity contribution in [1.29, 1.82) is 5.41 Å². The Morgan fingerprint density at radius 3 is 1.50 bits per heavy atom. The van der Waals surface area contributed by atoms with Crippen molar-refractivity contribution in [2.45, 2.75) is 33.6 Å². The normalized spacial score (nSPS) is 11.4. The molecule has 5 aromatic carbocycles. The number of hydrogen-bond donors (Lipinski definition) is 1. The predicted octanol–water partition coefficient (Wildman–Crippen LogP) is 9.63. The summed E-state index contributed by atoms with van der Waals surface area (Å²) in [7, 11) is 0. The Labute approximate surface area is 259 Å². The number of ether oxygens (including phenoxy) is 3. The molecular weight excluding hydrogens is 546 g/mol. The van der Waals surface area contributed by atoms with Crippen LogP contribution in [0.5, 0.6) is 17.2 Å². The molecule has 0 heterocycles. The second kappa shape index (κ2) is 14.3. The van der Waals surface area contributed by atoms with Gasteiger partial charge < -0.3 is 19.6 Å². The van der Waals surface area contributed by atoms with Gasteiger partial charge >= 0.3 is 5.97 Å². The van der Waals surface area contributed by atoms with Crippen molar-refractivity contribution in [2.75, 3.05) is 6.79 Å². The van der Waals surface area contributed by atoms with E-state index in [-0.39, 0.29) is 6.79 Å². The second-order valence-corrected chi connectivity index (χ2v) is 11.0. The van der Waals surface area contributed by atoms with Crippen molar-refractivity contribution < 1.29 is 19.0 Å². The molecule has 44 heavy (non-hydrogen) atoms. The van der Waals surface area contributed by atoms with Gasteiger partial charge in [0, 0.05) is 5.71 Å². The van der Waals surface area contributed by atoms with E-state index < -0.39 is 5.97 Å². The number of carbonyl (C=O) groups is 1. The number of nitrogens with one attached hydrogen (secondary N) is 1. The molecule has 5 rings (SSSR count). The molecule has 0 fully saturated rings. The molecule has 0 amide bonds. The topological polar surface area (TPSA) is 68.6 Å². The Kier molecular flexibility index (Phi) is 9.88. The van der Waals surface area contributed by atoms with Crippen molar-refractivity contribution in [1.82, 2.24) is 0 Å². The summed E-state index contributed by atoms with van der Waals surface area (Å²) in [5, 5.41) is 7.74. The van der Waals surface area contributed by atoms with Crippen LogP contribution in [0.2, 0.25) is 0 Å². The van der Waals surface area contributed by atoms with Gasteiger partial charge in [-0.3, -0.25) is 0 Å². The van der Waals surface area contributed by atoms with Crippen LogP contribution in [-0.4, -0.2) is 18.5 Å². The first kappa shape index (κ1) is 30.3. The third-order valence-corrected chi connectivity index (χ3v) is 7.68. The molecule has 0 aliphatic carbocycles. The standard InChI is InChI=1S/C39H37NO4/c1-4-27(2)25-29-5-7-31(8-6-29)34-15-23-38(24-16-34)44-39(41)35-17-21-37(22-18-35)43-26-42-36-19-13-33(14-20-36)32-11-9-30(10-12-32)28(3)40/h5-24,27,40H,4,25-26H2,1-3H3. The fourth-order valence-electron chi connectivity index (χ4n) is 4.77. The van der Waals surface area contributed by atoms with Gasteiger partial charge in [0.1, 0.15) is 17.2 Å². The molecule has 0 spiro atoms. The van der Waals surface area contributed by atoms with Crippen LogP contribution >= 0.6 is 0 Å². The largest absolute Gasteiger partial charge is 0.458 e. The fourth-order valence-corrected chi connectivity index (χ4v) is 4.77. The van der Waals surface area contributed by atoms with Gasteiger partial charge in [-0.15, -0.1) is 0 Å². The van der Waals surface area contributed by atoms with Gasteiger partial charge in [0.05, 0.1) is 5.56 Å². The van der Waals surface area contributed by atoms with E-state index in [1.54, 1.807) is 31.2 Å². The van der Waals surface area contributed by atoms with E-state index in [9.17, 15) is 4.79 Å². The van der Waals surface area contributed by atoms with Crippen molar-refractivity contribution in [3.8, 4) is 39.5 Å². The van der Waals surface area contributed by atoms with E-state index in [1.807, 2.05) is 72.8 Å². The first-order chi connectivity index (χ1) is 21.4. The lowest BCUT2D eigenvalue weighted by molar-refractivity contribution is 0.0734. The summed E-state index contributed by atoms with van der Waals surface area (Å²) in [6.07, 6.45) is 2.27. The number of benzene rings is 5. The molecule has 0 saturated heterocycles. The van der Waals surface area contributed by atoms with Crippen LogP contribution in [0.25, 0.3) is 22.3 Å². The molecule has 1 N–H and O–H groups in total. The summed E-state index contributed by atoms with van der Waals surface area (Å²) in [4.78, 5) is 12.7. The smallest absolute Gasteiger partial charge is 0.343 e. The monoisotopic (exact) mass is 583 g/mol. The molecule has 0 saturated carbocycles. The van der Waals surface area contributed by atoms with Gasteiger partial charge in [-0.05, 0) is 101 Å². The summed E-state index contributed by atoms with van der Waals surface area (Å²) in [6, 6.07) is 38.7. The highest BCUT2D eigenvalue weighted by molar-refractivity contribution is 5.96. The Morgan fingerprint density at radius 2 is 1.02 bits per heavy atom. The molecule has 5 nitrogen and oxygen atoms in total. The molecule has 1 unspecified atom stereocenters. The predicted molar refractivity (Wildman–Crippen MR) is 177 cm³/mol. The average Bonchev–Trinajstić information content (AvgIpc) is 3.06. The van der Waals surface area contributed by atoms with Crippen molar-refractivity contribution in [3.05, 3.63) is 138 Å². The first-order valence-electron chi connectivity index (χ1n) is 14.9. The third kappa shape index (κ3) is 8.01. The van der Waals surface area contributed by atoms with Crippen LogP contribution in [0.4, 0.5) is 0 Å². The lowest BCUT2D eigenvalue weighted by Gasteiger charge is -2.10. The van der Waals surface area contributed by atoms with E-state index in [0.717, 1.165) is 34.2 Å². The molecule has 0 aromatic heterocycles. The second-order valence-electron chi connectivity index (χ2n) is 11.0. The van der Waals surface area contributed by atoms with Crippen LogP contribution < -0.4 is 14.2 Å². The lowest BCUT2D eigenvalue weighted by Crippen LogP contribution is -2.09. The highest BCUT2D eigenvalue weighted by Crippen LogP contribution is 2.26. The maximum Gasteiger partial charge on any atom is 0.343 e. The molecule has 222 valence electrons. The Morgan fingerprint density at radius 1 is 0.614 bits per heavy atom. The third-order valence-electron chi connectivity index (χ3n) is 7.68. The average molecular weight is 584 g/mol. The van der Waals surface area contributed by atoms with Crippen molar-refractivity contribution >= 4 is 11.7 Å². The minimum Gasteiger partial charge on any atom is -0.458 e. The quantitative estimate of drug-likeness (QED) is 0.0687. The molecule has 0 aliphatic rings. The fraction of sp³-hybridized carbons (Fsp3) is 0.179. The number of esters is 1. The van der Waals surface area contributed by atoms with E-state index in [1.165, 1.54) is 12.0 Å². The molecule has 5 heteroatoms. The Hall–Kier alpha value is -5.16. The Bertz CT molecular complexity index is 1670. The molecule has 5 aromatic rings. The minimum absolute atomic E-state index is 0.0311. The van der Waals surface area contributed by atoms with Crippen LogP contribution in [0.3, 0.4) is 0 Å². The van der Waals surface area contributed by atoms with Gasteiger partial charge in [-0.2, -0.15) is 0 Å². The maximum absolute atomic E-state index is 12.7. The van der Waals surface area contributed by atoms with E-state index in [2.05, 4.69) is 38.1 Å². The van der Waals surface area contributed by atoms with E-state index >= 15 is 0 Å². The van der Waals surface area contributed by atoms with Gasteiger partial charge in [-0.25, -0.2) is 4.79 Å². The summed E-state index contributed by atoms with van der Waals surface area (Å²) >= 11 is 0. The van der Waals surface area contributed by atoms with Crippen LogP contribution in [0.1, 0.15) is 48.7 Å². The highest BCUT2D eigenvalue weighted by atomic mass is 16.7. The van der Waals surface area contributed by atoms with Gasteiger partial charge in [-0.1, -0.05) is 93.1 Å². The number of hydrogen-bond acceptors (Lipinski definition) is 5.